The second-order valence-corrected chi connectivity index (χ2v) is 3.83. The first-order valence-corrected chi connectivity index (χ1v) is 5.26. The van der Waals surface area contributed by atoms with Gasteiger partial charge in [-0.2, -0.15) is 0 Å². The van der Waals surface area contributed by atoms with Crippen LogP contribution in [0.15, 0.2) is 12.1 Å². The van der Waals surface area contributed by atoms with Crippen LogP contribution in [0.25, 0.3) is 10.9 Å². The smallest absolute Gasteiger partial charge is 0.265 e. The number of amides is 1. The monoisotopic (exact) mass is 253 g/mol. The molecule has 0 spiro atoms. The molecule has 95 valence electrons. The maximum Gasteiger partial charge on any atom is 0.265 e. The van der Waals surface area contributed by atoms with Crippen LogP contribution >= 0.6 is 0 Å². The van der Waals surface area contributed by atoms with Crippen molar-refractivity contribution in [3.05, 3.63) is 41.4 Å². The Balaban J connectivity index is 2.64. The number of aromatic nitrogens is 1. The number of carbonyl (C=O) groups is 1. The number of aliphatic hydroxyl groups is 1. The van der Waals surface area contributed by atoms with Gasteiger partial charge < -0.3 is 15.8 Å². The number of fused-ring (bicyclic) bond motifs is 1. The zero-order valence-corrected chi connectivity index (χ0v) is 9.34. The maximum absolute atomic E-state index is 13.2. The summed E-state index contributed by atoms with van der Waals surface area (Å²) in [6.07, 6.45) is 1.73. The van der Waals surface area contributed by atoms with Gasteiger partial charge >= 0.3 is 0 Å². The molecule has 6 heteroatoms. The van der Waals surface area contributed by atoms with Crippen LogP contribution in [-0.4, -0.2) is 22.6 Å². The Bertz CT molecular complexity index is 608. The number of nitrogens with one attached hydrogen (secondary N) is 1. The highest BCUT2D eigenvalue weighted by molar-refractivity contribution is 6.00. The molecule has 0 unspecified atom stereocenters. The molecule has 4 N–H and O–H groups in total. The van der Waals surface area contributed by atoms with Crippen LogP contribution in [0.2, 0.25) is 0 Å². The standard InChI is InChI=1S/C12H11F2N2O2/c13-8-4-7-6(2-1-3-17)11(12(15)18)16-10(7)5-9(8)14/h1,4-5,16-17H,2-3H2,(H2,15,18). The van der Waals surface area contributed by atoms with E-state index in [-0.39, 0.29) is 18.7 Å². The Hall–Kier alpha value is -1.95. The second kappa shape index (κ2) is 4.73. The van der Waals surface area contributed by atoms with Crippen molar-refractivity contribution in [3.63, 3.8) is 0 Å². The molecule has 0 saturated heterocycles. The van der Waals surface area contributed by atoms with Crippen LogP contribution in [0.3, 0.4) is 0 Å². The third-order valence-electron chi connectivity index (χ3n) is 2.67. The average Bonchev–Trinajstić information content (AvgIpc) is 2.65. The van der Waals surface area contributed by atoms with Crippen LogP contribution in [0, 0.1) is 18.1 Å². The summed E-state index contributed by atoms with van der Waals surface area (Å²) >= 11 is 0. The lowest BCUT2D eigenvalue weighted by Crippen LogP contribution is -2.14. The lowest BCUT2D eigenvalue weighted by molar-refractivity contribution is 0.0995. The number of H-pyrrole nitrogens is 1. The molecule has 2 aromatic rings. The van der Waals surface area contributed by atoms with Gasteiger partial charge in [-0.1, -0.05) is 0 Å². The van der Waals surface area contributed by atoms with Gasteiger partial charge in [-0.25, -0.2) is 8.78 Å². The van der Waals surface area contributed by atoms with Crippen molar-refractivity contribution in [1.82, 2.24) is 4.98 Å². The molecule has 4 nitrogen and oxygen atoms in total. The molecule has 1 aromatic heterocycles. The van der Waals surface area contributed by atoms with Crippen molar-refractivity contribution in [3.8, 4) is 0 Å². The Labute approximate surface area is 101 Å². The predicted molar refractivity (Wildman–Crippen MR) is 61.8 cm³/mol. The molecule has 1 amide bonds. The minimum Gasteiger partial charge on any atom is -0.396 e. The van der Waals surface area contributed by atoms with Crippen LogP contribution in [-0.2, 0) is 6.42 Å². The van der Waals surface area contributed by atoms with Gasteiger partial charge in [0.1, 0.15) is 5.69 Å². The van der Waals surface area contributed by atoms with Crippen molar-refractivity contribution >= 4 is 16.8 Å². The number of aliphatic hydroxyl groups excluding tert-OH is 1. The quantitative estimate of drug-likeness (QED) is 0.767. The first-order valence-electron chi connectivity index (χ1n) is 5.26. The minimum atomic E-state index is -1.00. The van der Waals surface area contributed by atoms with E-state index in [1.165, 1.54) is 6.42 Å². The fraction of sp³-hybridized carbons (Fsp3) is 0.167. The fourth-order valence-electron chi connectivity index (χ4n) is 1.88. The molecule has 0 fully saturated rings. The molecule has 1 radical (unpaired) electrons. The van der Waals surface area contributed by atoms with Crippen LogP contribution in [0.1, 0.15) is 16.1 Å². The molecule has 0 saturated carbocycles. The summed E-state index contributed by atoms with van der Waals surface area (Å²) in [6.45, 7) is -0.186. The highest BCUT2D eigenvalue weighted by Gasteiger charge is 2.17. The summed E-state index contributed by atoms with van der Waals surface area (Å²) in [7, 11) is 0. The summed E-state index contributed by atoms with van der Waals surface area (Å²) in [4.78, 5) is 13.9. The van der Waals surface area contributed by atoms with Gasteiger partial charge in [0, 0.05) is 23.6 Å². The van der Waals surface area contributed by atoms with Crippen molar-refractivity contribution < 1.29 is 18.7 Å². The molecule has 1 aromatic carbocycles. The Morgan fingerprint density at radius 2 is 2.06 bits per heavy atom. The number of primary amides is 1. The van der Waals surface area contributed by atoms with Crippen LogP contribution in [0.4, 0.5) is 8.78 Å². The highest BCUT2D eigenvalue weighted by atomic mass is 19.2. The zero-order chi connectivity index (χ0) is 13.3. The van der Waals surface area contributed by atoms with E-state index in [9.17, 15) is 13.6 Å². The van der Waals surface area contributed by atoms with Gasteiger partial charge in [-0.05, 0) is 24.5 Å². The lowest BCUT2D eigenvalue weighted by Gasteiger charge is -2.00. The topological polar surface area (TPSA) is 79.1 Å². The van der Waals surface area contributed by atoms with E-state index >= 15 is 0 Å². The van der Waals surface area contributed by atoms with Gasteiger partial charge in [-0.3, -0.25) is 4.79 Å². The normalized spacial score (nSPS) is 11.1. The van der Waals surface area contributed by atoms with E-state index in [2.05, 4.69) is 4.98 Å². The van der Waals surface area contributed by atoms with E-state index in [4.69, 9.17) is 10.8 Å². The summed E-state index contributed by atoms with van der Waals surface area (Å²) in [5.41, 5.74) is 6.03. The molecule has 2 rings (SSSR count). The van der Waals surface area contributed by atoms with Gasteiger partial charge in [-0.15, -0.1) is 0 Å². The second-order valence-electron chi connectivity index (χ2n) is 3.83. The lowest BCUT2D eigenvalue weighted by atomic mass is 10.1. The minimum absolute atomic E-state index is 0.0969. The maximum atomic E-state index is 13.2. The first kappa shape index (κ1) is 12.5. The molecule has 0 aliphatic heterocycles. The molecule has 0 aliphatic carbocycles. The third kappa shape index (κ3) is 2.06. The predicted octanol–water partition coefficient (Wildman–Crippen LogP) is 1.28. The van der Waals surface area contributed by atoms with Crippen LogP contribution < -0.4 is 5.73 Å². The molecule has 18 heavy (non-hydrogen) atoms. The van der Waals surface area contributed by atoms with Gasteiger partial charge in [0.2, 0.25) is 0 Å². The number of carbonyl (C=O) groups excluding carboxylic acids is 1. The number of hydrogen-bond donors (Lipinski definition) is 3. The number of halogens is 2. The number of rotatable bonds is 4. The van der Waals surface area contributed by atoms with Gasteiger partial charge in [0.05, 0.1) is 0 Å². The van der Waals surface area contributed by atoms with Crippen molar-refractivity contribution in [2.45, 2.75) is 6.42 Å². The fourth-order valence-corrected chi connectivity index (χ4v) is 1.88. The SMILES string of the molecule is NC(=O)c1[nH]c2cc(F)c(F)cc2c1C[CH]CO. The van der Waals surface area contributed by atoms with Crippen molar-refractivity contribution in [1.29, 1.82) is 0 Å². The number of nitrogens with two attached hydrogens (primary N) is 1. The van der Waals surface area contributed by atoms with E-state index in [0.29, 0.717) is 16.5 Å². The largest absolute Gasteiger partial charge is 0.396 e. The molecule has 1 heterocycles. The van der Waals surface area contributed by atoms with Crippen LogP contribution in [0.5, 0.6) is 0 Å². The molecular weight excluding hydrogens is 242 g/mol. The van der Waals surface area contributed by atoms with Gasteiger partial charge in [0.15, 0.2) is 11.6 Å². The first-order chi connectivity index (χ1) is 8.54. The molecule has 0 bridgehead atoms. The Kier molecular flexibility index (Phi) is 3.29. The molecule has 0 aliphatic rings. The number of aromatic amines is 1. The number of benzene rings is 1. The Morgan fingerprint density at radius 3 is 2.67 bits per heavy atom. The van der Waals surface area contributed by atoms with Gasteiger partial charge in [0.25, 0.3) is 5.91 Å². The van der Waals surface area contributed by atoms with Crippen molar-refractivity contribution in [2.75, 3.05) is 6.61 Å². The van der Waals surface area contributed by atoms with E-state index in [0.717, 1.165) is 12.1 Å². The number of hydrogen-bond acceptors (Lipinski definition) is 2. The summed E-state index contributed by atoms with van der Waals surface area (Å²) < 4.78 is 26.3. The van der Waals surface area contributed by atoms with E-state index in [1.807, 2.05) is 0 Å². The third-order valence-corrected chi connectivity index (χ3v) is 2.67. The molecular formula is C12H11F2N2O2. The zero-order valence-electron chi connectivity index (χ0n) is 9.34. The van der Waals surface area contributed by atoms with Crippen molar-refractivity contribution in [2.24, 2.45) is 5.73 Å². The average molecular weight is 253 g/mol. The summed E-state index contributed by atoms with van der Waals surface area (Å²) in [5, 5.41) is 9.13. The highest BCUT2D eigenvalue weighted by Crippen LogP contribution is 2.25. The summed E-state index contributed by atoms with van der Waals surface area (Å²) in [5.74, 6) is -2.71. The van der Waals surface area contributed by atoms with E-state index in [1.54, 1.807) is 0 Å². The molecule has 0 atom stereocenters. The Morgan fingerprint density at radius 1 is 1.39 bits per heavy atom. The summed E-state index contributed by atoms with van der Waals surface area (Å²) in [6, 6.07) is 1.98. The van der Waals surface area contributed by atoms with E-state index < -0.39 is 17.5 Å².